The number of carbonyl (C=O) groups is 1. The van der Waals surface area contributed by atoms with E-state index in [-0.39, 0.29) is 24.1 Å². The smallest absolute Gasteiger partial charge is 0.263 e. The third kappa shape index (κ3) is 5.11. The largest absolute Gasteiger partial charge is 0.481 e. The van der Waals surface area contributed by atoms with Crippen molar-refractivity contribution in [1.29, 1.82) is 0 Å². The van der Waals surface area contributed by atoms with E-state index in [1.165, 1.54) is 0 Å². The Morgan fingerprint density at radius 2 is 2.13 bits per heavy atom. The highest BCUT2D eigenvalue weighted by Crippen LogP contribution is 2.18. The average molecular weight is 421 g/mol. The van der Waals surface area contributed by atoms with Crippen LogP contribution in [0.3, 0.4) is 0 Å². The Balaban J connectivity index is 1.56. The summed E-state index contributed by atoms with van der Waals surface area (Å²) in [6.07, 6.45) is 1.17. The predicted molar refractivity (Wildman–Crippen MR) is 118 cm³/mol. The lowest BCUT2D eigenvalue weighted by atomic mass is 10.2. The summed E-state index contributed by atoms with van der Waals surface area (Å²) in [5.41, 5.74) is 1.45. The van der Waals surface area contributed by atoms with Crippen LogP contribution in [0.15, 0.2) is 53.3 Å². The van der Waals surface area contributed by atoms with Crippen LogP contribution in [-0.2, 0) is 16.1 Å². The average Bonchev–Trinajstić information content (AvgIpc) is 3.26. The number of para-hydroxylation sites is 1. The van der Waals surface area contributed by atoms with Gasteiger partial charge in [0.2, 0.25) is 0 Å². The number of amides is 1. The molecule has 1 N–H and O–H groups in total. The van der Waals surface area contributed by atoms with Crippen LogP contribution in [0.1, 0.15) is 31.2 Å². The highest BCUT2D eigenvalue weighted by Gasteiger charge is 2.27. The van der Waals surface area contributed by atoms with Gasteiger partial charge < -0.3 is 19.4 Å². The molecule has 3 aromatic rings. The van der Waals surface area contributed by atoms with Gasteiger partial charge in [-0.05, 0) is 56.5 Å². The molecule has 2 unspecified atom stereocenters. The zero-order valence-electron chi connectivity index (χ0n) is 17.8. The Morgan fingerprint density at radius 3 is 2.90 bits per heavy atom. The number of carbonyl (C=O) groups excluding carboxylic acids is 1. The fraction of sp³-hybridized carbons (Fsp3) is 0.375. The van der Waals surface area contributed by atoms with Crippen molar-refractivity contribution in [3.8, 4) is 5.75 Å². The van der Waals surface area contributed by atoms with Crippen LogP contribution in [0, 0.1) is 6.92 Å². The molecule has 7 nitrogen and oxygen atoms in total. The first-order chi connectivity index (χ1) is 15.0. The van der Waals surface area contributed by atoms with Gasteiger partial charge in [-0.15, -0.1) is 0 Å². The van der Waals surface area contributed by atoms with Crippen molar-refractivity contribution in [2.24, 2.45) is 0 Å². The van der Waals surface area contributed by atoms with Gasteiger partial charge in [-0.1, -0.05) is 24.3 Å². The molecule has 0 saturated carbocycles. The summed E-state index contributed by atoms with van der Waals surface area (Å²) in [5.74, 6) is 0.917. The number of hydrogen-bond donors (Lipinski definition) is 1. The fourth-order valence-corrected chi connectivity index (χ4v) is 3.86. The molecule has 2 aromatic carbocycles. The van der Waals surface area contributed by atoms with Gasteiger partial charge in [-0.25, -0.2) is 4.98 Å². The third-order valence-electron chi connectivity index (χ3n) is 5.41. The van der Waals surface area contributed by atoms with Gasteiger partial charge in [0.25, 0.3) is 11.5 Å². The van der Waals surface area contributed by atoms with Crippen LogP contribution in [0.5, 0.6) is 5.75 Å². The number of aromatic amines is 1. The quantitative estimate of drug-likeness (QED) is 0.633. The van der Waals surface area contributed by atoms with Crippen molar-refractivity contribution >= 4 is 16.8 Å². The first-order valence-electron chi connectivity index (χ1n) is 10.6. The number of ether oxygens (including phenoxy) is 2. The van der Waals surface area contributed by atoms with Gasteiger partial charge >= 0.3 is 0 Å². The number of H-pyrrole nitrogens is 1. The van der Waals surface area contributed by atoms with E-state index in [0.29, 0.717) is 35.6 Å². The molecule has 2 heterocycles. The summed E-state index contributed by atoms with van der Waals surface area (Å²) in [5, 5.41) is 0.527. The Kier molecular flexibility index (Phi) is 6.32. The molecule has 0 aliphatic carbocycles. The van der Waals surface area contributed by atoms with E-state index in [1.807, 2.05) is 37.3 Å². The van der Waals surface area contributed by atoms with Crippen LogP contribution >= 0.6 is 0 Å². The first-order valence-corrected chi connectivity index (χ1v) is 10.6. The molecule has 1 saturated heterocycles. The number of benzene rings is 2. The second-order valence-corrected chi connectivity index (χ2v) is 7.96. The zero-order chi connectivity index (χ0) is 21.8. The maximum Gasteiger partial charge on any atom is 0.263 e. The normalized spacial score (nSPS) is 16.9. The number of aryl methyl sites for hydroxylation is 1. The van der Waals surface area contributed by atoms with Crippen LogP contribution in [0.25, 0.3) is 10.9 Å². The zero-order valence-corrected chi connectivity index (χ0v) is 17.8. The van der Waals surface area contributed by atoms with Crippen molar-refractivity contribution in [3.05, 3.63) is 70.3 Å². The van der Waals surface area contributed by atoms with Gasteiger partial charge in [-0.2, -0.15) is 0 Å². The molecule has 1 aliphatic heterocycles. The Labute approximate surface area is 181 Å². The lowest BCUT2D eigenvalue weighted by molar-refractivity contribution is -0.140. The monoisotopic (exact) mass is 421 g/mol. The van der Waals surface area contributed by atoms with Crippen molar-refractivity contribution in [2.75, 3.05) is 13.2 Å². The second kappa shape index (κ2) is 9.31. The molecule has 0 radical (unpaired) electrons. The number of hydrogen-bond acceptors (Lipinski definition) is 5. The molecule has 1 aromatic heterocycles. The van der Waals surface area contributed by atoms with Gasteiger partial charge in [0, 0.05) is 13.2 Å². The molecule has 1 aliphatic rings. The van der Waals surface area contributed by atoms with Crippen molar-refractivity contribution in [3.63, 3.8) is 0 Å². The standard InChI is InChI=1S/C24H27N3O4/c1-16-7-5-8-18(13-16)31-17(2)24(29)27(14-19-9-6-12-30-19)15-22-25-21-11-4-3-10-20(21)23(28)26-22/h3-5,7-8,10-11,13,17,19H,6,9,12,14-15H2,1-2H3,(H,25,26,28). The Hall–Kier alpha value is -3.19. The second-order valence-electron chi connectivity index (χ2n) is 7.96. The molecule has 2 atom stereocenters. The fourth-order valence-electron chi connectivity index (χ4n) is 3.86. The topological polar surface area (TPSA) is 84.5 Å². The Morgan fingerprint density at radius 1 is 1.29 bits per heavy atom. The number of rotatable bonds is 7. The highest BCUT2D eigenvalue weighted by molar-refractivity contribution is 5.81. The molecule has 0 bridgehead atoms. The maximum absolute atomic E-state index is 13.3. The van der Waals surface area contributed by atoms with Gasteiger partial charge in [0.05, 0.1) is 23.6 Å². The van der Waals surface area contributed by atoms with E-state index in [1.54, 1.807) is 30.0 Å². The van der Waals surface area contributed by atoms with Crippen LogP contribution in [0.2, 0.25) is 0 Å². The van der Waals surface area contributed by atoms with Gasteiger partial charge in [0.1, 0.15) is 11.6 Å². The molecule has 31 heavy (non-hydrogen) atoms. The highest BCUT2D eigenvalue weighted by atomic mass is 16.5. The number of aromatic nitrogens is 2. The Bertz CT molecular complexity index is 1120. The van der Waals surface area contributed by atoms with E-state index in [0.717, 1.165) is 18.4 Å². The summed E-state index contributed by atoms with van der Waals surface area (Å²) < 4.78 is 11.7. The summed E-state index contributed by atoms with van der Waals surface area (Å²) >= 11 is 0. The van der Waals surface area contributed by atoms with E-state index in [4.69, 9.17) is 9.47 Å². The number of fused-ring (bicyclic) bond motifs is 1. The number of nitrogens with one attached hydrogen (secondary N) is 1. The van der Waals surface area contributed by atoms with E-state index >= 15 is 0 Å². The van der Waals surface area contributed by atoms with Crippen molar-refractivity contribution < 1.29 is 14.3 Å². The van der Waals surface area contributed by atoms with Crippen LogP contribution in [-0.4, -0.2) is 46.1 Å². The summed E-state index contributed by atoms with van der Waals surface area (Å²) in [6, 6.07) is 14.8. The SMILES string of the molecule is Cc1cccc(OC(C)C(=O)N(Cc2nc3ccccc3c(=O)[nH]2)CC2CCCO2)c1. The summed E-state index contributed by atoms with van der Waals surface area (Å²) in [7, 11) is 0. The molecular formula is C24H27N3O4. The lowest BCUT2D eigenvalue weighted by Crippen LogP contribution is -2.44. The van der Waals surface area contributed by atoms with Gasteiger partial charge in [-0.3, -0.25) is 9.59 Å². The van der Waals surface area contributed by atoms with E-state index < -0.39 is 6.10 Å². The molecule has 1 fully saturated rings. The van der Waals surface area contributed by atoms with E-state index in [9.17, 15) is 9.59 Å². The summed E-state index contributed by atoms with van der Waals surface area (Å²) in [6.45, 7) is 5.03. The number of nitrogens with zero attached hydrogens (tertiary/aromatic N) is 2. The minimum absolute atomic E-state index is 0.0256. The van der Waals surface area contributed by atoms with Crippen molar-refractivity contribution in [2.45, 2.75) is 45.4 Å². The maximum atomic E-state index is 13.3. The van der Waals surface area contributed by atoms with E-state index in [2.05, 4.69) is 9.97 Å². The lowest BCUT2D eigenvalue weighted by Gasteiger charge is -2.28. The van der Waals surface area contributed by atoms with Crippen LogP contribution in [0.4, 0.5) is 0 Å². The minimum atomic E-state index is -0.685. The first kappa shape index (κ1) is 21.1. The minimum Gasteiger partial charge on any atom is -0.481 e. The molecule has 162 valence electrons. The van der Waals surface area contributed by atoms with Crippen LogP contribution < -0.4 is 10.3 Å². The van der Waals surface area contributed by atoms with Gasteiger partial charge in [0.15, 0.2) is 6.10 Å². The summed E-state index contributed by atoms with van der Waals surface area (Å²) in [4.78, 5) is 34.8. The molecule has 4 rings (SSSR count). The van der Waals surface area contributed by atoms with Crippen molar-refractivity contribution in [1.82, 2.24) is 14.9 Å². The third-order valence-corrected chi connectivity index (χ3v) is 5.41. The predicted octanol–water partition coefficient (Wildman–Crippen LogP) is 3.21. The molecular weight excluding hydrogens is 394 g/mol. The molecule has 7 heteroatoms. The molecule has 1 amide bonds. The molecule has 0 spiro atoms.